The molecule has 0 amide bonds. The summed E-state index contributed by atoms with van der Waals surface area (Å²) in [6.07, 6.45) is 0. The van der Waals surface area contributed by atoms with Gasteiger partial charge in [-0.15, -0.1) is 0 Å². The van der Waals surface area contributed by atoms with E-state index in [0.29, 0.717) is 6.61 Å². The van der Waals surface area contributed by atoms with Crippen molar-refractivity contribution in [3.63, 3.8) is 0 Å². The minimum Gasteiger partial charge on any atom is -0.489 e. The lowest BCUT2D eigenvalue weighted by Gasteiger charge is -2.11. The summed E-state index contributed by atoms with van der Waals surface area (Å²) < 4.78 is 5.75. The third kappa shape index (κ3) is 2.91. The Hall–Kier alpha value is -1.70. The first-order valence-electron chi connectivity index (χ1n) is 5.70. The fourth-order valence-corrected chi connectivity index (χ4v) is 1.76. The number of benzene rings is 2. The topological polar surface area (TPSA) is 9.23 Å². The maximum Gasteiger partial charge on any atom is 0.120 e. The summed E-state index contributed by atoms with van der Waals surface area (Å²) in [5.74, 6) is 0.873. The molecule has 0 aromatic heterocycles. The van der Waals surface area contributed by atoms with Gasteiger partial charge in [0.15, 0.2) is 0 Å². The van der Waals surface area contributed by atoms with Crippen LogP contribution in [-0.4, -0.2) is 7.85 Å². The van der Waals surface area contributed by atoms with Crippen LogP contribution in [0.2, 0.25) is 0 Å². The van der Waals surface area contributed by atoms with Crippen LogP contribution in [0.3, 0.4) is 0 Å². The van der Waals surface area contributed by atoms with Crippen molar-refractivity contribution < 1.29 is 4.74 Å². The van der Waals surface area contributed by atoms with Crippen molar-refractivity contribution in [2.75, 3.05) is 0 Å². The molecule has 1 nitrogen and oxygen atoms in total. The normalized spacial score (nSPS) is 10.2. The molecule has 17 heavy (non-hydrogen) atoms. The highest BCUT2D eigenvalue weighted by Gasteiger charge is 2.01. The van der Waals surface area contributed by atoms with Crippen LogP contribution < -0.4 is 10.2 Å². The smallest absolute Gasteiger partial charge is 0.120 e. The monoisotopic (exact) mass is 222 g/mol. The van der Waals surface area contributed by atoms with Gasteiger partial charge in [0.25, 0.3) is 0 Å². The molecule has 0 aliphatic rings. The van der Waals surface area contributed by atoms with Gasteiger partial charge in [0.1, 0.15) is 20.2 Å². The van der Waals surface area contributed by atoms with Crippen LogP contribution in [0, 0.1) is 13.8 Å². The number of hydrogen-bond donors (Lipinski definition) is 0. The van der Waals surface area contributed by atoms with E-state index in [4.69, 9.17) is 12.6 Å². The summed E-state index contributed by atoms with van der Waals surface area (Å²) in [5.41, 5.74) is 4.14. The van der Waals surface area contributed by atoms with E-state index in [2.05, 4.69) is 12.1 Å². The van der Waals surface area contributed by atoms with Gasteiger partial charge >= 0.3 is 0 Å². The predicted octanol–water partition coefficient (Wildman–Crippen LogP) is 2.68. The molecule has 2 aromatic rings. The Kier molecular flexibility index (Phi) is 3.53. The Labute approximate surface area is 104 Å². The zero-order valence-electron chi connectivity index (χ0n) is 10.2. The zero-order valence-corrected chi connectivity index (χ0v) is 10.2. The Morgan fingerprint density at radius 3 is 2.18 bits per heavy atom. The van der Waals surface area contributed by atoms with Crippen molar-refractivity contribution in [1.29, 1.82) is 0 Å². The van der Waals surface area contributed by atoms with Gasteiger partial charge < -0.3 is 4.74 Å². The average molecular weight is 222 g/mol. The highest BCUT2D eigenvalue weighted by molar-refractivity contribution is 6.34. The summed E-state index contributed by atoms with van der Waals surface area (Å²) >= 11 is 0. The van der Waals surface area contributed by atoms with E-state index in [1.54, 1.807) is 0 Å². The third-order valence-corrected chi connectivity index (χ3v) is 2.82. The molecule has 2 heteroatoms. The highest BCUT2D eigenvalue weighted by Crippen LogP contribution is 2.15. The first-order valence-corrected chi connectivity index (χ1v) is 5.70. The number of hydrogen-bond acceptors (Lipinski definition) is 1. The quantitative estimate of drug-likeness (QED) is 0.725. The molecule has 0 N–H and O–H groups in total. The van der Waals surface area contributed by atoms with Crippen LogP contribution in [0.5, 0.6) is 5.75 Å². The molecule has 2 rings (SSSR count). The van der Waals surface area contributed by atoms with Gasteiger partial charge in [-0.3, -0.25) is 0 Å². The Morgan fingerprint density at radius 2 is 1.59 bits per heavy atom. The molecule has 0 unspecified atom stereocenters. The fraction of sp³-hybridized carbons (Fsp3) is 0.200. The summed E-state index contributed by atoms with van der Waals surface area (Å²) in [6.45, 7) is 4.58. The van der Waals surface area contributed by atoms with E-state index in [-0.39, 0.29) is 0 Å². The van der Waals surface area contributed by atoms with Crippen LogP contribution in [0.15, 0.2) is 42.5 Å². The largest absolute Gasteiger partial charge is 0.489 e. The predicted molar refractivity (Wildman–Crippen MR) is 72.1 cm³/mol. The molecule has 2 radical (unpaired) electrons. The lowest BCUT2D eigenvalue weighted by Crippen LogP contribution is -2.11. The molecule has 0 spiro atoms. The molecule has 0 fully saturated rings. The summed E-state index contributed by atoms with van der Waals surface area (Å²) in [7, 11) is 5.90. The average Bonchev–Trinajstić information content (AvgIpc) is 2.34. The van der Waals surface area contributed by atoms with Crippen molar-refractivity contribution in [3.05, 3.63) is 59.2 Å². The minimum absolute atomic E-state index is 0.587. The zero-order chi connectivity index (χ0) is 12.3. The Balaban J connectivity index is 2.10. The van der Waals surface area contributed by atoms with Crippen molar-refractivity contribution in [3.8, 4) is 5.75 Å². The lowest BCUT2D eigenvalue weighted by atomic mass is 9.87. The molecule has 0 heterocycles. The standard InChI is InChI=1S/C15H15BO/c1-11-8-14(9-12(2)15(11)16)17-10-13-6-4-3-5-7-13/h3-9H,10H2,1-2H3. The van der Waals surface area contributed by atoms with Gasteiger partial charge in [-0.05, 0) is 31.5 Å². The van der Waals surface area contributed by atoms with Crippen LogP contribution in [0.25, 0.3) is 0 Å². The lowest BCUT2D eigenvalue weighted by molar-refractivity contribution is 0.306. The first-order chi connectivity index (χ1) is 8.16. The van der Waals surface area contributed by atoms with Crippen LogP contribution in [0.1, 0.15) is 16.7 Å². The molecule has 2 aromatic carbocycles. The second kappa shape index (κ2) is 5.09. The molecule has 0 bridgehead atoms. The van der Waals surface area contributed by atoms with Crippen molar-refractivity contribution in [2.24, 2.45) is 0 Å². The summed E-state index contributed by atoms with van der Waals surface area (Å²) in [6, 6.07) is 14.1. The van der Waals surface area contributed by atoms with E-state index < -0.39 is 0 Å². The maximum atomic E-state index is 5.90. The van der Waals surface area contributed by atoms with Crippen LogP contribution >= 0.6 is 0 Å². The summed E-state index contributed by atoms with van der Waals surface area (Å²) in [5, 5.41) is 0. The van der Waals surface area contributed by atoms with Crippen molar-refractivity contribution >= 4 is 13.3 Å². The van der Waals surface area contributed by atoms with Crippen LogP contribution in [0.4, 0.5) is 0 Å². The van der Waals surface area contributed by atoms with Crippen molar-refractivity contribution in [1.82, 2.24) is 0 Å². The van der Waals surface area contributed by atoms with Gasteiger partial charge in [-0.1, -0.05) is 46.9 Å². The molecule has 0 atom stereocenters. The third-order valence-electron chi connectivity index (χ3n) is 2.82. The van der Waals surface area contributed by atoms with Gasteiger partial charge in [-0.2, -0.15) is 0 Å². The molecular weight excluding hydrogens is 207 g/mol. The minimum atomic E-state index is 0.587. The van der Waals surface area contributed by atoms with E-state index in [1.165, 1.54) is 5.56 Å². The molecule has 0 saturated carbocycles. The fourth-order valence-electron chi connectivity index (χ4n) is 1.76. The molecule has 0 aliphatic carbocycles. The van der Waals surface area contributed by atoms with Gasteiger partial charge in [0.2, 0.25) is 0 Å². The van der Waals surface area contributed by atoms with E-state index in [0.717, 1.165) is 22.3 Å². The van der Waals surface area contributed by atoms with E-state index in [9.17, 15) is 0 Å². The number of ether oxygens (including phenoxy) is 1. The number of aryl methyl sites for hydroxylation is 2. The summed E-state index contributed by atoms with van der Waals surface area (Å²) in [4.78, 5) is 0. The molecule has 0 aliphatic heterocycles. The molecule has 0 saturated heterocycles. The van der Waals surface area contributed by atoms with E-state index in [1.807, 2.05) is 44.2 Å². The Bertz CT molecular complexity index is 483. The molecule has 84 valence electrons. The van der Waals surface area contributed by atoms with Crippen LogP contribution in [-0.2, 0) is 6.61 Å². The molecular formula is C15H15BO. The van der Waals surface area contributed by atoms with Gasteiger partial charge in [0.05, 0.1) is 0 Å². The maximum absolute atomic E-state index is 5.90. The Morgan fingerprint density at radius 1 is 1.00 bits per heavy atom. The van der Waals surface area contributed by atoms with Crippen molar-refractivity contribution in [2.45, 2.75) is 20.5 Å². The van der Waals surface area contributed by atoms with Gasteiger partial charge in [-0.25, -0.2) is 0 Å². The first kappa shape index (κ1) is 11.8. The number of rotatable bonds is 3. The highest BCUT2D eigenvalue weighted by atomic mass is 16.5. The second-order valence-electron chi connectivity index (χ2n) is 4.25. The van der Waals surface area contributed by atoms with E-state index >= 15 is 0 Å². The second-order valence-corrected chi connectivity index (χ2v) is 4.25. The SMILES string of the molecule is [B]c1c(C)cc(OCc2ccccc2)cc1C. The van der Waals surface area contributed by atoms with Gasteiger partial charge in [0, 0.05) is 0 Å².